The third-order valence-electron chi connectivity index (χ3n) is 3.41. The molecule has 1 heterocycles. The first-order valence-corrected chi connectivity index (χ1v) is 6.95. The third kappa shape index (κ3) is 2.39. The van der Waals surface area contributed by atoms with Gasteiger partial charge in [0.05, 0.1) is 5.69 Å². The lowest BCUT2D eigenvalue weighted by atomic mass is 10.1. The highest BCUT2D eigenvalue weighted by atomic mass is 15.2. The predicted octanol–water partition coefficient (Wildman–Crippen LogP) is 4.67. The number of nitrogens with zero attached hydrogens (tertiary/aromatic N) is 2. The minimum Gasteiger partial charge on any atom is -0.326 e. The van der Waals surface area contributed by atoms with E-state index in [0.29, 0.717) is 6.04 Å². The number of anilines is 2. The lowest BCUT2D eigenvalue weighted by molar-refractivity contribution is 0.607. The Kier molecular flexibility index (Phi) is 3.18. The minimum atomic E-state index is 0.388. The molecule has 0 aliphatic carbocycles. The Labute approximate surface area is 119 Å². The molecule has 0 saturated carbocycles. The Morgan fingerprint density at radius 2 is 1.80 bits per heavy atom. The number of nitrogens with one attached hydrogen (secondary N) is 1. The maximum atomic E-state index is 4.56. The summed E-state index contributed by atoms with van der Waals surface area (Å²) in [4.78, 5) is 4.56. The molecule has 0 fully saturated rings. The first-order chi connectivity index (χ1) is 9.63. The van der Waals surface area contributed by atoms with Gasteiger partial charge in [0.15, 0.2) is 0 Å². The van der Waals surface area contributed by atoms with Gasteiger partial charge in [-0.3, -0.25) is 0 Å². The summed E-state index contributed by atoms with van der Waals surface area (Å²) in [7, 11) is 0. The molecule has 0 saturated heterocycles. The molecular weight excluding hydrogens is 246 g/mol. The van der Waals surface area contributed by atoms with Gasteiger partial charge in [-0.1, -0.05) is 30.3 Å². The molecule has 3 heteroatoms. The minimum absolute atomic E-state index is 0.388. The number of fused-ring (bicyclic) bond motifs is 1. The maximum Gasteiger partial charge on any atom is 0.207 e. The van der Waals surface area contributed by atoms with Crippen molar-refractivity contribution in [3.8, 4) is 0 Å². The summed E-state index contributed by atoms with van der Waals surface area (Å²) in [6.07, 6.45) is 2.08. The van der Waals surface area contributed by atoms with Crippen molar-refractivity contribution in [2.75, 3.05) is 5.32 Å². The van der Waals surface area contributed by atoms with Crippen molar-refractivity contribution in [1.29, 1.82) is 0 Å². The highest BCUT2D eigenvalue weighted by molar-refractivity contribution is 5.86. The largest absolute Gasteiger partial charge is 0.326 e. The van der Waals surface area contributed by atoms with E-state index in [2.05, 4.69) is 77.4 Å². The number of hydrogen-bond acceptors (Lipinski definition) is 2. The second-order valence-corrected chi connectivity index (χ2v) is 5.39. The molecule has 0 spiro atoms. The van der Waals surface area contributed by atoms with Crippen molar-refractivity contribution in [3.05, 3.63) is 54.4 Å². The Hall–Kier alpha value is -2.29. The van der Waals surface area contributed by atoms with Crippen LogP contribution in [0.1, 0.15) is 25.6 Å². The SMILES string of the molecule is Cc1cn(C(C)C)c(Nc2ccc3ccccc3c2)n1. The smallest absolute Gasteiger partial charge is 0.207 e. The average molecular weight is 265 g/mol. The van der Waals surface area contributed by atoms with E-state index in [1.807, 2.05) is 6.92 Å². The highest BCUT2D eigenvalue weighted by Gasteiger charge is 2.08. The van der Waals surface area contributed by atoms with Gasteiger partial charge in [-0.05, 0) is 43.7 Å². The van der Waals surface area contributed by atoms with Crippen molar-refractivity contribution < 1.29 is 0 Å². The van der Waals surface area contributed by atoms with E-state index in [4.69, 9.17) is 0 Å². The van der Waals surface area contributed by atoms with E-state index < -0.39 is 0 Å². The van der Waals surface area contributed by atoms with Crippen molar-refractivity contribution >= 4 is 22.4 Å². The molecule has 3 rings (SSSR count). The highest BCUT2D eigenvalue weighted by Crippen LogP contribution is 2.23. The van der Waals surface area contributed by atoms with Crippen molar-refractivity contribution in [3.63, 3.8) is 0 Å². The summed E-state index contributed by atoms with van der Waals surface area (Å²) >= 11 is 0. The lowest BCUT2D eigenvalue weighted by Gasteiger charge is -2.13. The van der Waals surface area contributed by atoms with Crippen LogP contribution in [0.15, 0.2) is 48.7 Å². The van der Waals surface area contributed by atoms with Crippen LogP contribution in [0.5, 0.6) is 0 Å². The zero-order chi connectivity index (χ0) is 14.1. The van der Waals surface area contributed by atoms with E-state index in [1.54, 1.807) is 0 Å². The van der Waals surface area contributed by atoms with Gasteiger partial charge in [0.1, 0.15) is 0 Å². The topological polar surface area (TPSA) is 29.9 Å². The molecule has 20 heavy (non-hydrogen) atoms. The molecule has 0 aliphatic rings. The number of hydrogen-bond donors (Lipinski definition) is 1. The fourth-order valence-corrected chi connectivity index (χ4v) is 2.40. The zero-order valence-corrected chi connectivity index (χ0v) is 12.1. The standard InChI is InChI=1S/C17H19N3/c1-12(2)20-11-13(3)18-17(20)19-16-9-8-14-6-4-5-7-15(14)10-16/h4-12H,1-3H3,(H,18,19). The van der Waals surface area contributed by atoms with Crippen LogP contribution in [0, 0.1) is 6.92 Å². The van der Waals surface area contributed by atoms with Crippen molar-refractivity contribution in [2.24, 2.45) is 0 Å². The second-order valence-electron chi connectivity index (χ2n) is 5.39. The number of aromatic nitrogens is 2. The Balaban J connectivity index is 1.96. The number of imidazole rings is 1. The summed E-state index contributed by atoms with van der Waals surface area (Å²) < 4.78 is 2.16. The van der Waals surface area contributed by atoms with Crippen LogP contribution in [0.4, 0.5) is 11.6 Å². The van der Waals surface area contributed by atoms with Gasteiger partial charge < -0.3 is 9.88 Å². The molecule has 1 aromatic heterocycles. The first kappa shape index (κ1) is 12.7. The van der Waals surface area contributed by atoms with Crippen molar-refractivity contribution in [1.82, 2.24) is 9.55 Å². The fourth-order valence-electron chi connectivity index (χ4n) is 2.40. The molecule has 0 radical (unpaired) electrons. The molecule has 0 aliphatic heterocycles. The van der Waals surface area contributed by atoms with E-state index in [0.717, 1.165) is 17.3 Å². The number of aryl methyl sites for hydroxylation is 1. The van der Waals surface area contributed by atoms with E-state index in [-0.39, 0.29) is 0 Å². The number of benzene rings is 2. The molecule has 1 N–H and O–H groups in total. The summed E-state index contributed by atoms with van der Waals surface area (Å²) in [5.74, 6) is 0.896. The van der Waals surface area contributed by atoms with Crippen LogP contribution in [0.3, 0.4) is 0 Å². The van der Waals surface area contributed by atoms with Gasteiger partial charge in [0.25, 0.3) is 0 Å². The average Bonchev–Trinajstić information content (AvgIpc) is 2.80. The summed E-state index contributed by atoms with van der Waals surface area (Å²) in [6, 6.07) is 15.1. The molecule has 3 aromatic rings. The van der Waals surface area contributed by atoms with Crippen LogP contribution >= 0.6 is 0 Å². The molecular formula is C17H19N3. The molecule has 0 amide bonds. The zero-order valence-electron chi connectivity index (χ0n) is 12.1. The van der Waals surface area contributed by atoms with E-state index >= 15 is 0 Å². The van der Waals surface area contributed by atoms with Gasteiger partial charge in [0, 0.05) is 17.9 Å². The van der Waals surface area contributed by atoms with E-state index in [1.165, 1.54) is 10.8 Å². The van der Waals surface area contributed by atoms with Crippen LogP contribution in [0.2, 0.25) is 0 Å². The van der Waals surface area contributed by atoms with Gasteiger partial charge in [-0.15, -0.1) is 0 Å². The molecule has 0 unspecified atom stereocenters. The van der Waals surface area contributed by atoms with Gasteiger partial charge in [-0.25, -0.2) is 4.98 Å². The first-order valence-electron chi connectivity index (χ1n) is 6.95. The molecule has 102 valence electrons. The second kappa shape index (κ2) is 5.00. The Morgan fingerprint density at radius 1 is 1.05 bits per heavy atom. The van der Waals surface area contributed by atoms with Crippen LogP contribution in [-0.4, -0.2) is 9.55 Å². The van der Waals surface area contributed by atoms with Gasteiger partial charge in [0.2, 0.25) is 5.95 Å². The summed E-state index contributed by atoms with van der Waals surface area (Å²) in [6.45, 7) is 6.34. The monoisotopic (exact) mass is 265 g/mol. The van der Waals surface area contributed by atoms with Crippen molar-refractivity contribution in [2.45, 2.75) is 26.8 Å². The normalized spacial score (nSPS) is 11.2. The molecule has 0 atom stereocenters. The van der Waals surface area contributed by atoms with Crippen LogP contribution in [-0.2, 0) is 0 Å². The third-order valence-corrected chi connectivity index (χ3v) is 3.41. The summed E-state index contributed by atoms with van der Waals surface area (Å²) in [5, 5.41) is 5.90. The van der Waals surface area contributed by atoms with Crippen LogP contribution < -0.4 is 5.32 Å². The van der Waals surface area contributed by atoms with Crippen LogP contribution in [0.25, 0.3) is 10.8 Å². The Bertz CT molecular complexity index is 741. The van der Waals surface area contributed by atoms with Gasteiger partial charge >= 0.3 is 0 Å². The molecule has 2 aromatic carbocycles. The fraction of sp³-hybridized carbons (Fsp3) is 0.235. The van der Waals surface area contributed by atoms with E-state index in [9.17, 15) is 0 Å². The molecule has 0 bridgehead atoms. The lowest BCUT2D eigenvalue weighted by Crippen LogP contribution is -2.05. The predicted molar refractivity (Wildman–Crippen MR) is 84.6 cm³/mol. The number of rotatable bonds is 3. The quantitative estimate of drug-likeness (QED) is 0.745. The van der Waals surface area contributed by atoms with Gasteiger partial charge in [-0.2, -0.15) is 0 Å². The summed E-state index contributed by atoms with van der Waals surface area (Å²) in [5.41, 5.74) is 2.10. The molecule has 3 nitrogen and oxygen atoms in total. The Morgan fingerprint density at radius 3 is 2.55 bits per heavy atom. The maximum absolute atomic E-state index is 4.56.